The fourth-order valence-electron chi connectivity index (χ4n) is 1.92. The molecule has 0 saturated carbocycles. The van der Waals surface area contributed by atoms with Crippen molar-refractivity contribution in [2.45, 2.75) is 40.2 Å². The largest absolute Gasteiger partial charge is 0.486 e. The first-order valence-electron chi connectivity index (χ1n) is 7.01. The summed E-state index contributed by atoms with van der Waals surface area (Å²) in [4.78, 5) is 0. The Morgan fingerprint density at radius 3 is 2.68 bits per heavy atom. The molecule has 1 heterocycles. The highest BCUT2D eigenvalue weighted by Gasteiger charge is 2.13. The van der Waals surface area contributed by atoms with E-state index in [1.165, 1.54) is 0 Å². The highest BCUT2D eigenvalue weighted by molar-refractivity contribution is 5.31. The SMILES string of the molecule is CCOCCCNCC(C)Oc1c(C)nn(C)c1C. The third kappa shape index (κ3) is 5.20. The second-order valence-electron chi connectivity index (χ2n) is 4.81. The van der Waals surface area contributed by atoms with Gasteiger partial charge >= 0.3 is 0 Å². The molecular weight excluding hydrogens is 242 g/mol. The van der Waals surface area contributed by atoms with Crippen LogP contribution < -0.4 is 10.1 Å². The van der Waals surface area contributed by atoms with E-state index in [9.17, 15) is 0 Å². The summed E-state index contributed by atoms with van der Waals surface area (Å²) in [5.74, 6) is 0.908. The minimum atomic E-state index is 0.133. The molecule has 0 spiro atoms. The predicted octanol–water partition coefficient (Wildman–Crippen LogP) is 1.82. The Morgan fingerprint density at radius 2 is 2.11 bits per heavy atom. The molecule has 1 N–H and O–H groups in total. The number of nitrogens with one attached hydrogen (secondary N) is 1. The van der Waals surface area contributed by atoms with Crippen molar-refractivity contribution in [2.24, 2.45) is 7.05 Å². The first kappa shape index (κ1) is 16.0. The smallest absolute Gasteiger partial charge is 0.163 e. The standard InChI is InChI=1S/C14H27N3O2/c1-6-18-9-7-8-15-10-11(2)19-14-12(3)16-17(5)13(14)4/h11,15H,6-10H2,1-5H3. The van der Waals surface area contributed by atoms with E-state index in [0.29, 0.717) is 0 Å². The van der Waals surface area contributed by atoms with Crippen LogP contribution >= 0.6 is 0 Å². The van der Waals surface area contributed by atoms with Crippen molar-refractivity contribution in [1.82, 2.24) is 15.1 Å². The third-order valence-electron chi connectivity index (χ3n) is 3.04. The Kier molecular flexibility index (Phi) is 6.87. The summed E-state index contributed by atoms with van der Waals surface area (Å²) in [5.41, 5.74) is 2.02. The zero-order chi connectivity index (χ0) is 14.3. The average molecular weight is 269 g/mol. The molecule has 5 heteroatoms. The summed E-state index contributed by atoms with van der Waals surface area (Å²) in [6.07, 6.45) is 1.17. The van der Waals surface area contributed by atoms with Crippen molar-refractivity contribution in [3.8, 4) is 5.75 Å². The lowest BCUT2D eigenvalue weighted by atomic mass is 10.3. The highest BCUT2D eigenvalue weighted by Crippen LogP contribution is 2.22. The van der Waals surface area contributed by atoms with Gasteiger partial charge < -0.3 is 14.8 Å². The number of nitrogens with zero attached hydrogens (tertiary/aromatic N) is 2. The van der Waals surface area contributed by atoms with Crippen molar-refractivity contribution in [1.29, 1.82) is 0 Å². The minimum absolute atomic E-state index is 0.133. The van der Waals surface area contributed by atoms with E-state index in [0.717, 1.165) is 49.9 Å². The molecule has 0 bridgehead atoms. The Balaban J connectivity index is 2.25. The van der Waals surface area contributed by atoms with Crippen LogP contribution in [0.4, 0.5) is 0 Å². The zero-order valence-corrected chi connectivity index (χ0v) is 12.8. The summed E-state index contributed by atoms with van der Waals surface area (Å²) >= 11 is 0. The monoisotopic (exact) mass is 269 g/mol. The number of aromatic nitrogens is 2. The van der Waals surface area contributed by atoms with Crippen molar-refractivity contribution in [2.75, 3.05) is 26.3 Å². The molecule has 19 heavy (non-hydrogen) atoms. The van der Waals surface area contributed by atoms with Gasteiger partial charge in [0.05, 0.1) is 5.69 Å². The zero-order valence-electron chi connectivity index (χ0n) is 12.8. The van der Waals surface area contributed by atoms with Gasteiger partial charge in [-0.05, 0) is 40.7 Å². The van der Waals surface area contributed by atoms with Crippen LogP contribution in [0.5, 0.6) is 5.75 Å². The summed E-state index contributed by atoms with van der Waals surface area (Å²) in [7, 11) is 1.94. The lowest BCUT2D eigenvalue weighted by molar-refractivity contribution is 0.143. The van der Waals surface area contributed by atoms with Crippen molar-refractivity contribution < 1.29 is 9.47 Å². The van der Waals surface area contributed by atoms with Crippen LogP contribution in [-0.4, -0.2) is 42.2 Å². The van der Waals surface area contributed by atoms with Gasteiger partial charge in [-0.3, -0.25) is 4.68 Å². The highest BCUT2D eigenvalue weighted by atomic mass is 16.5. The van der Waals surface area contributed by atoms with E-state index in [-0.39, 0.29) is 6.10 Å². The van der Waals surface area contributed by atoms with Crippen LogP contribution in [0.2, 0.25) is 0 Å². The third-order valence-corrected chi connectivity index (χ3v) is 3.04. The van der Waals surface area contributed by atoms with Gasteiger partial charge in [0.25, 0.3) is 0 Å². The van der Waals surface area contributed by atoms with Gasteiger partial charge in [0, 0.05) is 26.8 Å². The van der Waals surface area contributed by atoms with Gasteiger partial charge in [0.1, 0.15) is 11.8 Å². The van der Waals surface area contributed by atoms with Crippen LogP contribution in [-0.2, 0) is 11.8 Å². The summed E-state index contributed by atoms with van der Waals surface area (Å²) < 4.78 is 13.1. The van der Waals surface area contributed by atoms with E-state index in [4.69, 9.17) is 9.47 Å². The van der Waals surface area contributed by atoms with Gasteiger partial charge in [-0.25, -0.2) is 0 Å². The quantitative estimate of drug-likeness (QED) is 0.695. The molecule has 1 aromatic heterocycles. The Morgan fingerprint density at radius 1 is 1.37 bits per heavy atom. The Hall–Kier alpha value is -1.07. The van der Waals surface area contributed by atoms with Crippen molar-refractivity contribution in [3.63, 3.8) is 0 Å². The number of aryl methyl sites for hydroxylation is 2. The fourth-order valence-corrected chi connectivity index (χ4v) is 1.92. The van der Waals surface area contributed by atoms with Gasteiger partial charge in [0.15, 0.2) is 5.75 Å². The first-order chi connectivity index (χ1) is 9.06. The second-order valence-corrected chi connectivity index (χ2v) is 4.81. The average Bonchev–Trinajstić information content (AvgIpc) is 2.60. The van der Waals surface area contributed by atoms with Gasteiger partial charge in [-0.1, -0.05) is 0 Å². The summed E-state index contributed by atoms with van der Waals surface area (Å²) in [6, 6.07) is 0. The minimum Gasteiger partial charge on any atom is -0.486 e. The molecule has 0 aliphatic carbocycles. The normalized spacial score (nSPS) is 12.7. The number of hydrogen-bond acceptors (Lipinski definition) is 4. The summed E-state index contributed by atoms with van der Waals surface area (Å²) in [5, 5.41) is 7.73. The molecule has 0 radical (unpaired) electrons. The van der Waals surface area contributed by atoms with Crippen LogP contribution in [0.25, 0.3) is 0 Å². The number of rotatable bonds is 9. The molecule has 5 nitrogen and oxygen atoms in total. The number of hydrogen-bond donors (Lipinski definition) is 1. The van der Waals surface area contributed by atoms with Crippen LogP contribution in [0.3, 0.4) is 0 Å². The Bertz CT molecular complexity index is 377. The molecule has 0 aliphatic rings. The molecule has 0 fully saturated rings. The first-order valence-corrected chi connectivity index (χ1v) is 7.01. The van der Waals surface area contributed by atoms with Crippen LogP contribution in [0, 0.1) is 13.8 Å². The van der Waals surface area contributed by atoms with Crippen LogP contribution in [0.15, 0.2) is 0 Å². The molecule has 0 saturated heterocycles. The van der Waals surface area contributed by atoms with Gasteiger partial charge in [0.2, 0.25) is 0 Å². The van der Waals surface area contributed by atoms with Crippen molar-refractivity contribution in [3.05, 3.63) is 11.4 Å². The van der Waals surface area contributed by atoms with Crippen LogP contribution in [0.1, 0.15) is 31.7 Å². The van der Waals surface area contributed by atoms with Gasteiger partial charge in [-0.15, -0.1) is 0 Å². The van der Waals surface area contributed by atoms with E-state index in [1.54, 1.807) is 0 Å². The van der Waals surface area contributed by atoms with E-state index in [1.807, 2.05) is 32.5 Å². The molecule has 1 aromatic rings. The maximum atomic E-state index is 5.95. The fraction of sp³-hybridized carbons (Fsp3) is 0.786. The molecule has 1 rings (SSSR count). The maximum Gasteiger partial charge on any atom is 0.163 e. The molecule has 0 aliphatic heterocycles. The maximum absolute atomic E-state index is 5.95. The predicted molar refractivity (Wildman–Crippen MR) is 76.8 cm³/mol. The molecule has 1 atom stereocenters. The Labute approximate surface area is 116 Å². The number of ether oxygens (including phenoxy) is 2. The van der Waals surface area contributed by atoms with Crippen molar-refractivity contribution >= 4 is 0 Å². The lowest BCUT2D eigenvalue weighted by Gasteiger charge is -2.15. The molecule has 0 aromatic carbocycles. The second kappa shape index (κ2) is 8.17. The molecule has 1 unspecified atom stereocenters. The molecule has 0 amide bonds. The molecule has 110 valence electrons. The van der Waals surface area contributed by atoms with E-state index in [2.05, 4.69) is 17.3 Å². The lowest BCUT2D eigenvalue weighted by Crippen LogP contribution is -2.30. The van der Waals surface area contributed by atoms with E-state index < -0.39 is 0 Å². The molecular formula is C14H27N3O2. The topological polar surface area (TPSA) is 48.3 Å². The van der Waals surface area contributed by atoms with Gasteiger partial charge in [-0.2, -0.15) is 5.10 Å². The van der Waals surface area contributed by atoms with E-state index >= 15 is 0 Å². The summed E-state index contributed by atoms with van der Waals surface area (Å²) in [6.45, 7) is 11.5.